The van der Waals surface area contributed by atoms with E-state index in [1.807, 2.05) is 31.2 Å². The zero-order chi connectivity index (χ0) is 22.6. The van der Waals surface area contributed by atoms with Crippen LogP contribution < -0.4 is 15.4 Å². The van der Waals surface area contributed by atoms with Crippen LogP contribution in [0.5, 0.6) is 0 Å². The Kier molecular flexibility index (Phi) is 7.12. The topological polar surface area (TPSA) is 104 Å². The normalized spacial score (nSPS) is 15.0. The Morgan fingerprint density at radius 3 is 2.48 bits per heavy atom. The predicted molar refractivity (Wildman–Crippen MR) is 120 cm³/mol. The highest BCUT2D eigenvalue weighted by Gasteiger charge is 2.29. The molecule has 2 aromatic carbocycles. The molecule has 3 N–H and O–H groups in total. The molecule has 0 radical (unpaired) electrons. The number of fused-ring (bicyclic) bond motifs is 1. The lowest BCUT2D eigenvalue weighted by atomic mass is 10.0. The summed E-state index contributed by atoms with van der Waals surface area (Å²) in [5.74, 6) is -0.688. The van der Waals surface area contributed by atoms with Gasteiger partial charge in [-0.2, -0.15) is 4.72 Å². The van der Waals surface area contributed by atoms with Crippen molar-refractivity contribution in [1.82, 2.24) is 10.0 Å². The van der Waals surface area contributed by atoms with Gasteiger partial charge in [-0.3, -0.25) is 9.59 Å². The number of nitrogens with one attached hydrogen (secondary N) is 3. The summed E-state index contributed by atoms with van der Waals surface area (Å²) in [4.78, 5) is 24.6. The molecule has 2 amide bonds. The number of aryl methyl sites for hydroxylation is 2. The Hall–Kier alpha value is -2.71. The van der Waals surface area contributed by atoms with Crippen LogP contribution in [0.1, 0.15) is 43.4 Å². The zero-order valence-corrected chi connectivity index (χ0v) is 18.9. The molecule has 166 valence electrons. The molecule has 3 rings (SSSR count). The summed E-state index contributed by atoms with van der Waals surface area (Å²) >= 11 is 0. The molecule has 0 aromatic heterocycles. The first kappa shape index (κ1) is 23.0. The Morgan fingerprint density at radius 1 is 1.10 bits per heavy atom. The van der Waals surface area contributed by atoms with E-state index in [4.69, 9.17) is 0 Å². The van der Waals surface area contributed by atoms with Crippen LogP contribution >= 0.6 is 0 Å². The highest BCUT2D eigenvalue weighted by atomic mass is 32.2. The van der Waals surface area contributed by atoms with Crippen LogP contribution in [-0.4, -0.2) is 26.3 Å². The third-order valence-corrected chi connectivity index (χ3v) is 6.77. The van der Waals surface area contributed by atoms with Crippen LogP contribution in [0.4, 0.5) is 5.69 Å². The molecule has 31 heavy (non-hydrogen) atoms. The van der Waals surface area contributed by atoms with E-state index in [1.165, 1.54) is 6.07 Å². The van der Waals surface area contributed by atoms with E-state index in [2.05, 4.69) is 15.4 Å². The van der Waals surface area contributed by atoms with Crippen LogP contribution in [0.25, 0.3) is 0 Å². The molecule has 0 spiro atoms. The molecule has 7 nitrogen and oxygen atoms in total. The molecule has 0 aliphatic carbocycles. The minimum absolute atomic E-state index is 0.0717. The van der Waals surface area contributed by atoms with Crippen molar-refractivity contribution in [1.29, 1.82) is 0 Å². The van der Waals surface area contributed by atoms with Crippen LogP contribution in [-0.2, 0) is 32.6 Å². The van der Waals surface area contributed by atoms with Crippen molar-refractivity contribution in [2.45, 2.75) is 57.5 Å². The number of benzene rings is 2. The van der Waals surface area contributed by atoms with Gasteiger partial charge in [0.15, 0.2) is 0 Å². The summed E-state index contributed by atoms with van der Waals surface area (Å²) in [6, 6.07) is 11.5. The summed E-state index contributed by atoms with van der Waals surface area (Å²) in [5, 5.41) is 5.62. The SMILES string of the molecule is Cc1ccc(CNC(=O)[C@@H](NS(=O)(=O)c2ccc3c(c2)CCCC(=O)N3)C(C)C)cc1. The van der Waals surface area contributed by atoms with Crippen molar-refractivity contribution in [3.63, 3.8) is 0 Å². The second-order valence-corrected chi connectivity index (χ2v) is 9.98. The molecule has 1 atom stereocenters. The Labute approximate surface area is 183 Å². The molecule has 0 unspecified atom stereocenters. The molecule has 1 aliphatic heterocycles. The van der Waals surface area contributed by atoms with Gasteiger partial charge in [0.2, 0.25) is 21.8 Å². The Morgan fingerprint density at radius 2 is 1.81 bits per heavy atom. The number of anilines is 1. The van der Waals surface area contributed by atoms with Gasteiger partial charge in [0.1, 0.15) is 6.04 Å². The zero-order valence-electron chi connectivity index (χ0n) is 18.1. The highest BCUT2D eigenvalue weighted by molar-refractivity contribution is 7.89. The van der Waals surface area contributed by atoms with E-state index in [1.54, 1.807) is 26.0 Å². The lowest BCUT2D eigenvalue weighted by Crippen LogP contribution is -2.49. The minimum atomic E-state index is -3.92. The first-order chi connectivity index (χ1) is 14.7. The highest BCUT2D eigenvalue weighted by Crippen LogP contribution is 2.25. The van der Waals surface area contributed by atoms with E-state index in [0.29, 0.717) is 31.5 Å². The van der Waals surface area contributed by atoms with Gasteiger partial charge in [0.05, 0.1) is 4.90 Å². The van der Waals surface area contributed by atoms with Crippen LogP contribution in [0.3, 0.4) is 0 Å². The number of carbonyl (C=O) groups is 2. The first-order valence-electron chi connectivity index (χ1n) is 10.4. The number of hydrogen-bond donors (Lipinski definition) is 3. The third-order valence-electron chi connectivity index (χ3n) is 5.33. The van der Waals surface area contributed by atoms with Gasteiger partial charge in [0, 0.05) is 18.7 Å². The first-order valence-corrected chi connectivity index (χ1v) is 11.9. The number of rotatable bonds is 7. The van der Waals surface area contributed by atoms with Gasteiger partial charge >= 0.3 is 0 Å². The molecule has 0 bridgehead atoms. The fourth-order valence-corrected chi connectivity index (χ4v) is 4.84. The summed E-state index contributed by atoms with van der Waals surface area (Å²) in [6.45, 7) is 5.90. The monoisotopic (exact) mass is 443 g/mol. The second-order valence-electron chi connectivity index (χ2n) is 8.27. The van der Waals surface area contributed by atoms with E-state index in [9.17, 15) is 18.0 Å². The molecule has 8 heteroatoms. The summed E-state index contributed by atoms with van der Waals surface area (Å²) in [5.41, 5.74) is 3.48. The quantitative estimate of drug-likeness (QED) is 0.612. The van der Waals surface area contributed by atoms with Crippen LogP contribution in [0, 0.1) is 12.8 Å². The maximum atomic E-state index is 13.0. The van der Waals surface area contributed by atoms with Gasteiger partial charge in [-0.05, 0) is 55.0 Å². The lowest BCUT2D eigenvalue weighted by molar-refractivity contribution is -0.123. The average Bonchev–Trinajstić information content (AvgIpc) is 2.91. The van der Waals surface area contributed by atoms with Gasteiger partial charge in [-0.15, -0.1) is 0 Å². The second kappa shape index (κ2) is 9.62. The number of amides is 2. The molecule has 0 fully saturated rings. The lowest BCUT2D eigenvalue weighted by Gasteiger charge is -2.22. The number of sulfonamides is 1. The summed E-state index contributed by atoms with van der Waals surface area (Å²) in [6.07, 6.45) is 1.68. The molecule has 1 aliphatic rings. The Balaban J connectivity index is 1.73. The molecular weight excluding hydrogens is 414 g/mol. The van der Waals surface area contributed by atoms with Crippen molar-refractivity contribution in [3.05, 3.63) is 59.2 Å². The summed E-state index contributed by atoms with van der Waals surface area (Å²) < 4.78 is 28.6. The van der Waals surface area contributed by atoms with Crippen LogP contribution in [0.2, 0.25) is 0 Å². The third kappa shape index (κ3) is 5.92. The van der Waals surface area contributed by atoms with Gasteiger partial charge < -0.3 is 10.6 Å². The molecule has 0 saturated heterocycles. The fourth-order valence-electron chi connectivity index (χ4n) is 3.45. The Bertz CT molecular complexity index is 1060. The fraction of sp³-hybridized carbons (Fsp3) is 0.391. The van der Waals surface area contributed by atoms with Crippen molar-refractivity contribution >= 4 is 27.5 Å². The molecule has 1 heterocycles. The van der Waals surface area contributed by atoms with Crippen molar-refractivity contribution in [3.8, 4) is 0 Å². The van der Waals surface area contributed by atoms with E-state index >= 15 is 0 Å². The van der Waals surface area contributed by atoms with Crippen molar-refractivity contribution in [2.75, 3.05) is 5.32 Å². The average molecular weight is 444 g/mol. The van der Waals surface area contributed by atoms with Gasteiger partial charge in [0.25, 0.3) is 0 Å². The van der Waals surface area contributed by atoms with E-state index in [-0.39, 0.29) is 22.6 Å². The summed E-state index contributed by atoms with van der Waals surface area (Å²) in [7, 11) is -3.92. The van der Waals surface area contributed by atoms with Crippen molar-refractivity contribution in [2.24, 2.45) is 5.92 Å². The maximum absolute atomic E-state index is 13.0. The molecule has 2 aromatic rings. The minimum Gasteiger partial charge on any atom is -0.351 e. The van der Waals surface area contributed by atoms with E-state index in [0.717, 1.165) is 16.7 Å². The van der Waals surface area contributed by atoms with Crippen LogP contribution in [0.15, 0.2) is 47.4 Å². The maximum Gasteiger partial charge on any atom is 0.241 e. The van der Waals surface area contributed by atoms with Gasteiger partial charge in [-0.1, -0.05) is 43.7 Å². The smallest absolute Gasteiger partial charge is 0.241 e. The van der Waals surface area contributed by atoms with Gasteiger partial charge in [-0.25, -0.2) is 8.42 Å². The number of carbonyl (C=O) groups excluding carboxylic acids is 2. The molecule has 0 saturated carbocycles. The predicted octanol–water partition coefficient (Wildman–Crippen LogP) is 2.89. The van der Waals surface area contributed by atoms with Crippen molar-refractivity contribution < 1.29 is 18.0 Å². The number of hydrogen-bond acceptors (Lipinski definition) is 4. The van der Waals surface area contributed by atoms with E-state index < -0.39 is 16.1 Å². The molecular formula is C23H29N3O4S. The standard InChI is InChI=1S/C23H29N3O4S/c1-15(2)22(23(28)24-14-17-9-7-16(3)8-10-17)26-31(29,30)19-11-12-20-18(13-19)5-4-6-21(27)25-20/h7-13,15,22,26H,4-6,14H2,1-3H3,(H,24,28)(H,25,27)/t22-/m0/s1. The largest absolute Gasteiger partial charge is 0.351 e.